The molecule has 11 heteroatoms. The Morgan fingerprint density at radius 3 is 0.727 bits per heavy atom. The van der Waals surface area contributed by atoms with Crippen molar-refractivity contribution < 1.29 is 35.9 Å². The zero-order valence-electron chi connectivity index (χ0n) is 6.37. The van der Waals surface area contributed by atoms with E-state index in [1.54, 1.807) is 0 Å². The molecular formula is H8B2K2O7. The molecule has 0 aromatic rings. The van der Waals surface area contributed by atoms with Gasteiger partial charge in [-0.05, 0) is 0 Å². The molecule has 0 atom stereocenters. The predicted octanol–water partition coefficient (Wildman–Crippen LogP) is -5.35. The smallest absolute Gasteiger partial charge is 0 e. The minimum Gasteiger partial charge on any atom is 0 e. The average molecular weight is 220 g/mol. The molecule has 0 rings (SSSR count). The normalized spacial score (nSPS) is 1.45. The number of rotatable bonds is 0. The molecule has 0 aliphatic rings. The minimum atomic E-state index is -0.250. The summed E-state index contributed by atoms with van der Waals surface area (Å²) in [6.45, 7) is 0. The van der Waals surface area contributed by atoms with Crippen molar-refractivity contribution in [2.75, 3.05) is 0 Å². The number of hydrogen-bond donors (Lipinski definition) is 2. The van der Waals surface area contributed by atoms with Gasteiger partial charge in [-0.1, -0.05) is 0 Å². The topological polar surface area (TPSA) is 169 Å². The second-order valence-corrected chi connectivity index (χ2v) is 0.211. The quantitative estimate of drug-likeness (QED) is 0.388. The van der Waals surface area contributed by atoms with E-state index in [-0.39, 0.29) is 134 Å². The van der Waals surface area contributed by atoms with E-state index in [1.807, 2.05) is 0 Å². The van der Waals surface area contributed by atoms with Crippen LogP contribution in [-0.2, 0) is 9.41 Å². The van der Waals surface area contributed by atoms with Gasteiger partial charge in [0.1, 0.15) is 0 Å². The molecule has 0 spiro atoms. The van der Waals surface area contributed by atoms with Crippen molar-refractivity contribution in [1.29, 1.82) is 0 Å². The Balaban J connectivity index is -0.00000000400. The first-order valence-electron chi connectivity index (χ1n) is 0.988. The summed E-state index contributed by atoms with van der Waals surface area (Å²) in [6.07, 6.45) is 0. The van der Waals surface area contributed by atoms with Crippen molar-refractivity contribution in [3.05, 3.63) is 0 Å². The molecule has 0 fully saturated rings. The van der Waals surface area contributed by atoms with Gasteiger partial charge in [0.15, 0.2) is 0 Å². The van der Waals surface area contributed by atoms with Crippen LogP contribution in [0.1, 0.15) is 0 Å². The molecule has 7 nitrogen and oxygen atoms in total. The first-order chi connectivity index (χ1) is 2.83. The fourth-order valence-corrected chi connectivity index (χ4v) is 0. The zero-order valence-corrected chi connectivity index (χ0v) is 12.6. The van der Waals surface area contributed by atoms with E-state index in [0.29, 0.717) is 0 Å². The minimum absolute atomic E-state index is 0. The van der Waals surface area contributed by atoms with Gasteiger partial charge in [0.2, 0.25) is 0 Å². The van der Waals surface area contributed by atoms with Crippen LogP contribution < -0.4 is 0 Å². The van der Waals surface area contributed by atoms with E-state index in [1.165, 1.54) is 0 Å². The molecule has 0 aliphatic carbocycles. The Bertz CT molecular complexity index is 35.4. The largest absolute Gasteiger partial charge is 0 e. The fourth-order valence-electron chi connectivity index (χ4n) is 0. The zero-order chi connectivity index (χ0) is 5.41. The van der Waals surface area contributed by atoms with Crippen LogP contribution in [0.25, 0.3) is 0 Å². The molecule has 58 valence electrons. The standard InChI is InChI=1S/2BHO2.2K.3H2O/c2*2-1-3;;;;;/h2*2H;;;3*1H2. The molecule has 0 amide bonds. The van der Waals surface area contributed by atoms with E-state index in [4.69, 9.17) is 19.5 Å². The van der Waals surface area contributed by atoms with Gasteiger partial charge in [-0.3, -0.25) is 0 Å². The molecule has 0 aliphatic heterocycles. The van der Waals surface area contributed by atoms with Crippen molar-refractivity contribution in [3.8, 4) is 0 Å². The van der Waals surface area contributed by atoms with E-state index >= 15 is 0 Å². The molecule has 0 unspecified atom stereocenters. The van der Waals surface area contributed by atoms with Crippen LogP contribution in [0.5, 0.6) is 0 Å². The van der Waals surface area contributed by atoms with Crippen LogP contribution in [0.3, 0.4) is 0 Å². The second kappa shape index (κ2) is 81.9. The third kappa shape index (κ3) is 223. The summed E-state index contributed by atoms with van der Waals surface area (Å²) in [6, 6.07) is 0. The first kappa shape index (κ1) is 50.0. The molecular weight excluding hydrogens is 212 g/mol. The van der Waals surface area contributed by atoms with Crippen molar-refractivity contribution in [1.82, 2.24) is 0 Å². The van der Waals surface area contributed by atoms with Crippen molar-refractivity contribution in [2.24, 2.45) is 0 Å². The Morgan fingerprint density at radius 1 is 0.727 bits per heavy atom. The summed E-state index contributed by atoms with van der Waals surface area (Å²) in [4.78, 5) is 0. The molecule has 0 bridgehead atoms. The van der Waals surface area contributed by atoms with E-state index in [9.17, 15) is 0 Å². The van der Waals surface area contributed by atoms with Crippen LogP contribution in [0.4, 0.5) is 0 Å². The summed E-state index contributed by atoms with van der Waals surface area (Å²) in [5.74, 6) is 0. The summed E-state index contributed by atoms with van der Waals surface area (Å²) >= 11 is 0. The summed E-state index contributed by atoms with van der Waals surface area (Å²) in [5, 5.41) is 13.8. The van der Waals surface area contributed by atoms with Gasteiger partial charge >= 0.3 is 34.2 Å². The van der Waals surface area contributed by atoms with Crippen LogP contribution in [0, 0.1) is 0 Å². The molecule has 8 N–H and O–H groups in total. The summed E-state index contributed by atoms with van der Waals surface area (Å²) < 4.78 is 16.7. The van der Waals surface area contributed by atoms with Gasteiger partial charge in [0.05, 0.1) is 0 Å². The average Bonchev–Trinajstić information content (AvgIpc) is 1.39. The van der Waals surface area contributed by atoms with E-state index in [2.05, 4.69) is 0 Å². The van der Waals surface area contributed by atoms with Gasteiger partial charge in [-0.15, -0.1) is 0 Å². The summed E-state index contributed by atoms with van der Waals surface area (Å²) in [7, 11) is -0.500. The summed E-state index contributed by atoms with van der Waals surface area (Å²) in [5.41, 5.74) is 0. The Morgan fingerprint density at radius 2 is 0.727 bits per heavy atom. The molecule has 2 radical (unpaired) electrons. The third-order valence-corrected chi connectivity index (χ3v) is 0. The van der Waals surface area contributed by atoms with Gasteiger partial charge in [0.25, 0.3) is 0 Å². The molecule has 0 aromatic carbocycles. The van der Waals surface area contributed by atoms with E-state index in [0.717, 1.165) is 0 Å². The van der Waals surface area contributed by atoms with Crippen LogP contribution in [0.15, 0.2) is 0 Å². The van der Waals surface area contributed by atoms with E-state index < -0.39 is 0 Å². The fraction of sp³-hybridized carbons (Fsp3) is 0. The van der Waals surface area contributed by atoms with Crippen LogP contribution in [-0.4, -0.2) is 144 Å². The maximum absolute atomic E-state index is 8.36. The molecule has 0 saturated carbocycles. The second-order valence-electron chi connectivity index (χ2n) is 0.211. The Labute approximate surface area is 150 Å². The van der Waals surface area contributed by atoms with Gasteiger partial charge in [-0.25, -0.2) is 0 Å². The maximum Gasteiger partial charge on any atom is 0 e. The third-order valence-electron chi connectivity index (χ3n) is 0. The van der Waals surface area contributed by atoms with Crippen LogP contribution in [0.2, 0.25) is 0 Å². The first-order valence-corrected chi connectivity index (χ1v) is 0.988. The SMILES string of the molecule is O.O.O.O=BO.O=BO.[K].[K]. The van der Waals surface area contributed by atoms with Crippen molar-refractivity contribution >= 4 is 117 Å². The maximum atomic E-state index is 8.36. The van der Waals surface area contributed by atoms with Crippen molar-refractivity contribution in [2.45, 2.75) is 0 Å². The molecule has 11 heavy (non-hydrogen) atoms. The Kier molecular flexibility index (Phi) is 372. The van der Waals surface area contributed by atoms with Gasteiger partial charge < -0.3 is 16.4 Å². The van der Waals surface area contributed by atoms with Gasteiger partial charge in [-0.2, -0.15) is 0 Å². The monoisotopic (exact) mass is 220 g/mol. The van der Waals surface area contributed by atoms with Crippen molar-refractivity contribution in [3.63, 3.8) is 0 Å². The molecule has 0 aromatic heterocycles. The molecule has 0 heterocycles. The number of hydrogen-bond acceptors (Lipinski definition) is 2. The Hall–Kier alpha value is 2.48. The molecule has 0 saturated heterocycles. The predicted molar refractivity (Wildman–Crippen MR) is 39.7 cm³/mol. The van der Waals surface area contributed by atoms with Crippen LogP contribution >= 0.6 is 0 Å². The van der Waals surface area contributed by atoms with Gasteiger partial charge in [0, 0.05) is 103 Å².